The van der Waals surface area contributed by atoms with E-state index in [4.69, 9.17) is 32.8 Å². The van der Waals surface area contributed by atoms with Gasteiger partial charge in [0.2, 0.25) is 82.7 Å². The van der Waals surface area contributed by atoms with Gasteiger partial charge in [0.25, 0.3) is 0 Å². The Labute approximate surface area is 706 Å². The van der Waals surface area contributed by atoms with E-state index in [9.17, 15) is 91.1 Å². The van der Waals surface area contributed by atoms with Gasteiger partial charge in [0.05, 0.1) is 37.8 Å². The first kappa shape index (κ1) is 101. The Morgan fingerprint density at radius 1 is 0.484 bits per heavy atom. The second-order valence-electron chi connectivity index (χ2n) is 28.4. The van der Waals surface area contributed by atoms with Crippen molar-refractivity contribution in [2.24, 2.45) is 22.9 Å². The zero-order chi connectivity index (χ0) is 90.3. The summed E-state index contributed by atoms with van der Waals surface area (Å²) in [5, 5.41) is 83.2. The summed E-state index contributed by atoms with van der Waals surface area (Å²) in [4.78, 5) is 226. The zero-order valence-electron chi connectivity index (χ0n) is 66.8. The van der Waals surface area contributed by atoms with Crippen LogP contribution >= 0.6 is 21.6 Å². The molecule has 0 aliphatic carbocycles. The number of aliphatic hydroxyl groups is 3. The number of nitrogens with one attached hydrogen (secondary N) is 14. The van der Waals surface area contributed by atoms with Crippen LogP contribution in [0.3, 0.4) is 0 Å². The number of carbonyl (C=O) groups excluding carboxylic acids is 14. The monoisotopic (exact) mass is 1750 g/mol. The summed E-state index contributed by atoms with van der Waals surface area (Å²) in [6.45, 7) is 1.88. The second-order valence-corrected chi connectivity index (χ2v) is 30.9. The number of amides is 14. The Hall–Kier alpha value is -11.8. The number of alkyl halides is 3. The number of H-pyrrole nitrogens is 1. The van der Waals surface area contributed by atoms with Gasteiger partial charge in [0, 0.05) is 54.3 Å². The van der Waals surface area contributed by atoms with Gasteiger partial charge in [-0.2, -0.15) is 13.2 Å². The molecule has 666 valence electrons. The normalized spacial score (nSPS) is 23.0. The van der Waals surface area contributed by atoms with Crippen LogP contribution in [0.4, 0.5) is 13.2 Å². The summed E-state index contributed by atoms with van der Waals surface area (Å²) in [5.74, 6) is -20.5. The molecule has 14 amide bonds. The molecule has 0 saturated carbocycles. The van der Waals surface area contributed by atoms with Crippen LogP contribution < -0.4 is 92.1 Å². The molecule has 6 rings (SSSR count). The molecule has 2 heterocycles. The fourth-order valence-corrected chi connectivity index (χ4v) is 14.3. The van der Waals surface area contributed by atoms with Crippen molar-refractivity contribution in [3.05, 3.63) is 144 Å². The summed E-state index contributed by atoms with van der Waals surface area (Å²) in [6.07, 6.45) is -8.56. The number of aliphatic carboxylic acids is 2. The summed E-state index contributed by atoms with van der Waals surface area (Å²) in [6, 6.07) is 9.57. The Bertz CT molecular complexity index is 4370. The molecule has 5 aromatic rings. The van der Waals surface area contributed by atoms with Crippen LogP contribution in [0.1, 0.15) is 88.0 Å². The molecule has 39 nitrogen and oxygen atoms in total. The van der Waals surface area contributed by atoms with Gasteiger partial charge in [-0.15, -0.1) is 0 Å². The van der Waals surface area contributed by atoms with E-state index < -0.39 is 223 Å². The maximum atomic E-state index is 15.4. The molecular formula is C78H105F3N18O21S2. The van der Waals surface area contributed by atoms with Crippen LogP contribution in [-0.4, -0.2) is 260 Å². The molecule has 27 N–H and O–H groups in total. The molecule has 0 radical (unpaired) electrons. The van der Waals surface area contributed by atoms with Crippen LogP contribution in [-0.2, 0) is 102 Å². The highest BCUT2D eigenvalue weighted by Gasteiger charge is 2.41. The number of primary amides is 1. The summed E-state index contributed by atoms with van der Waals surface area (Å²) in [5.41, 5.74) is 25.6. The van der Waals surface area contributed by atoms with E-state index in [0.29, 0.717) is 39.6 Å². The second kappa shape index (κ2) is 51.1. The number of hydrogen-bond acceptors (Lipinski definition) is 24. The number of rotatable bonds is 26. The van der Waals surface area contributed by atoms with Crippen molar-refractivity contribution >= 4 is 127 Å². The lowest BCUT2D eigenvalue weighted by molar-refractivity contribution is -0.192. The number of aromatic nitrogens is 1. The smallest absolute Gasteiger partial charge is 0.480 e. The van der Waals surface area contributed by atoms with Crippen LogP contribution in [0.5, 0.6) is 0 Å². The van der Waals surface area contributed by atoms with Crippen molar-refractivity contribution < 1.29 is 115 Å². The molecule has 1 aromatic heterocycles. The minimum absolute atomic E-state index is 0.104. The minimum Gasteiger partial charge on any atom is -0.480 e. The Kier molecular flexibility index (Phi) is 42.2. The quantitative estimate of drug-likeness (QED) is 0.0184. The van der Waals surface area contributed by atoms with Crippen LogP contribution in [0, 0.1) is 0 Å². The number of unbranched alkanes of at least 4 members (excludes halogenated alkanes) is 2. The number of carboxylic acids is 2. The van der Waals surface area contributed by atoms with E-state index in [0.717, 1.165) is 35.4 Å². The Balaban J connectivity index is 0.00000361. The molecule has 0 unspecified atom stereocenters. The number of fused-ring (bicyclic) bond motifs is 1. The molecule has 15 atom stereocenters. The standard InChI is InChI=1S/C76H104N18O19S2.C2HF3O2/c1-41(79)64(100)82-37-61(99)83-58-39-114-115-40-59(76(112)113)92-72(108)57(38-95)91-75(111)63(43(3)97)94-71(107)54(33-46-23-11-6-12-24-46)90-74(110)62(42(2)96)93-66(102)51(28-16-18-30-78)84-69(105)55(34-47-36-81-49-26-14-13-25-48(47)49)88-68(104)53(32-45-21-9-5-10-22-45)86-67(103)52(31-44-19-7-4-8-20-44)87-70(106)56(35-60(80)98)89-65(101)50(85-73(58)109)27-15-17-29-77;3-2(4,5)1(6)7/h4-14,19-26,36,41-43,50-59,62-63,81,95-97H,15-18,27-35,37-40,77-79H2,1-3H3,(H2,80,98)(H,82,100)(H,83,99)(H,84,105)(H,85,109)(H,86,103)(H,87,106)(H,88,104)(H,89,101)(H,90,110)(H,91,111)(H,92,108)(H,93,102)(H,94,107)(H,112,113);(H,6,7)/t41-,42+,43+,50-,51-,52-,53-,54-,55+,56-,57-,58-,59-,62-,63-;/m0./s1. The highest BCUT2D eigenvalue weighted by Crippen LogP contribution is 2.25. The average Bonchev–Trinajstić information content (AvgIpc) is 1.63. The van der Waals surface area contributed by atoms with Crippen molar-refractivity contribution in [3.8, 4) is 0 Å². The van der Waals surface area contributed by atoms with Crippen LogP contribution in [0.15, 0.2) is 121 Å². The maximum absolute atomic E-state index is 15.4. The van der Waals surface area contributed by atoms with E-state index in [1.807, 2.05) is 0 Å². The van der Waals surface area contributed by atoms with Gasteiger partial charge >= 0.3 is 18.1 Å². The van der Waals surface area contributed by atoms with E-state index >= 15 is 14.4 Å². The van der Waals surface area contributed by atoms with Crippen LogP contribution in [0.2, 0.25) is 0 Å². The van der Waals surface area contributed by atoms with E-state index in [2.05, 4.69) is 74.1 Å². The lowest BCUT2D eigenvalue weighted by atomic mass is 10.00. The molecule has 1 saturated heterocycles. The molecular weight excluding hydrogens is 1650 g/mol. The SMILES string of the molecule is C[C@H](N)C(=O)NCC(=O)N[C@H]1CSSC[C@@H](C(=O)O)NC(=O)[C@H](CO)NC(=O)[C@H]([C@@H](C)O)NC(=O)[C@H](Cc2ccccc2)NC(=O)[C@H]([C@@H](C)O)NC(=O)[C@H](CCCCN)NC(=O)[C@@H](Cc2c[nH]c3ccccc23)NC(=O)[C@H](Cc2ccccc2)NC(=O)[C@H](Cc2ccccc2)NC(=O)[C@H](CC(N)=O)NC(=O)[C@H](CCCCN)NC1=O.O=C(O)C(F)(F)F. The van der Waals surface area contributed by atoms with E-state index in [1.54, 1.807) is 121 Å². The predicted octanol–water partition coefficient (Wildman–Crippen LogP) is -4.28. The number of hydrogen-bond donors (Lipinski definition) is 23. The summed E-state index contributed by atoms with van der Waals surface area (Å²) >= 11 is 0. The van der Waals surface area contributed by atoms with Crippen molar-refractivity contribution in [2.75, 3.05) is 37.7 Å². The number of benzene rings is 4. The number of nitrogens with two attached hydrogens (primary N) is 4. The first-order chi connectivity index (χ1) is 57.8. The number of carbonyl (C=O) groups is 16. The van der Waals surface area contributed by atoms with Gasteiger partial charge in [0.15, 0.2) is 0 Å². The number of carboxylic acid groups (broad SMARTS) is 2. The first-order valence-electron chi connectivity index (χ1n) is 38.6. The summed E-state index contributed by atoms with van der Waals surface area (Å²) in [7, 11) is 1.49. The molecule has 1 fully saturated rings. The number of aliphatic hydroxyl groups excluding tert-OH is 3. The Morgan fingerprint density at radius 3 is 1.28 bits per heavy atom. The molecule has 0 bridgehead atoms. The van der Waals surface area contributed by atoms with Gasteiger partial charge in [-0.3, -0.25) is 67.1 Å². The number of para-hydroxylation sites is 1. The molecule has 122 heavy (non-hydrogen) atoms. The van der Waals surface area contributed by atoms with Gasteiger partial charge in [-0.25, -0.2) is 9.59 Å². The Morgan fingerprint density at radius 2 is 0.852 bits per heavy atom. The third kappa shape index (κ3) is 34.4. The minimum atomic E-state index is -5.08. The van der Waals surface area contributed by atoms with Crippen molar-refractivity contribution in [1.29, 1.82) is 0 Å². The fraction of sp³-hybridized carbons (Fsp3) is 0.462. The van der Waals surface area contributed by atoms with E-state index in [1.165, 1.54) is 6.92 Å². The fourth-order valence-electron chi connectivity index (χ4n) is 11.9. The number of aromatic amines is 1. The zero-order valence-corrected chi connectivity index (χ0v) is 68.4. The lowest BCUT2D eigenvalue weighted by Crippen LogP contribution is -2.63. The highest BCUT2D eigenvalue weighted by atomic mass is 33.1. The largest absolute Gasteiger partial charge is 0.490 e. The molecule has 0 spiro atoms. The third-order valence-corrected chi connectivity index (χ3v) is 20.9. The third-order valence-electron chi connectivity index (χ3n) is 18.5. The molecule has 44 heteroatoms. The molecule has 4 aromatic carbocycles. The van der Waals surface area contributed by atoms with Crippen molar-refractivity contribution in [2.45, 2.75) is 188 Å². The predicted molar refractivity (Wildman–Crippen MR) is 439 cm³/mol. The van der Waals surface area contributed by atoms with Gasteiger partial charge in [-0.05, 0) is 101 Å². The molecule has 1 aliphatic heterocycles. The number of halogens is 3. The maximum Gasteiger partial charge on any atom is 0.490 e. The van der Waals surface area contributed by atoms with Crippen molar-refractivity contribution in [3.63, 3.8) is 0 Å². The lowest BCUT2D eigenvalue weighted by Gasteiger charge is -2.29. The van der Waals surface area contributed by atoms with Crippen LogP contribution in [0.25, 0.3) is 10.9 Å². The average molecular weight is 1750 g/mol. The summed E-state index contributed by atoms with van der Waals surface area (Å²) < 4.78 is 31.7. The highest BCUT2D eigenvalue weighted by molar-refractivity contribution is 8.76. The van der Waals surface area contributed by atoms with Crippen molar-refractivity contribution in [1.82, 2.24) is 74.1 Å². The van der Waals surface area contributed by atoms with Gasteiger partial charge in [-0.1, -0.05) is 131 Å². The van der Waals surface area contributed by atoms with Gasteiger partial charge in [0.1, 0.15) is 72.5 Å². The first-order valence-corrected chi connectivity index (χ1v) is 41.1. The topological polar surface area (TPSA) is 651 Å². The molecule has 1 aliphatic rings. The van der Waals surface area contributed by atoms with Gasteiger partial charge < -0.3 is 123 Å². The van der Waals surface area contributed by atoms with E-state index in [-0.39, 0.29) is 70.9 Å².